The van der Waals surface area contributed by atoms with E-state index in [1.54, 1.807) is 28.5 Å². The van der Waals surface area contributed by atoms with Crippen molar-refractivity contribution in [3.8, 4) is 0 Å². The molecule has 1 saturated heterocycles. The minimum absolute atomic E-state index is 0.0670. The molecular formula is C14H20N6O3S. The van der Waals surface area contributed by atoms with Crippen molar-refractivity contribution in [3.63, 3.8) is 0 Å². The lowest BCUT2D eigenvalue weighted by Gasteiger charge is -2.32. The molecular weight excluding hydrogens is 332 g/mol. The van der Waals surface area contributed by atoms with Crippen LogP contribution in [0.25, 0.3) is 0 Å². The third kappa shape index (κ3) is 4.56. The average molecular weight is 352 g/mol. The second kappa shape index (κ2) is 8.27. The van der Waals surface area contributed by atoms with Crippen molar-refractivity contribution in [1.29, 1.82) is 0 Å². The smallest absolute Gasteiger partial charge is 0.222 e. The van der Waals surface area contributed by atoms with Crippen molar-refractivity contribution < 1.29 is 14.3 Å². The van der Waals surface area contributed by atoms with E-state index in [1.165, 1.54) is 0 Å². The summed E-state index contributed by atoms with van der Waals surface area (Å²) in [5.41, 5.74) is 2.69. The normalized spacial score (nSPS) is 20.9. The molecule has 0 radical (unpaired) electrons. The first-order chi connectivity index (χ1) is 11.7. The van der Waals surface area contributed by atoms with Gasteiger partial charge in [0.05, 0.1) is 43.1 Å². The van der Waals surface area contributed by atoms with E-state index in [0.717, 1.165) is 12.1 Å². The van der Waals surface area contributed by atoms with Crippen LogP contribution in [0.2, 0.25) is 0 Å². The van der Waals surface area contributed by atoms with E-state index >= 15 is 0 Å². The van der Waals surface area contributed by atoms with Crippen LogP contribution in [0.5, 0.6) is 0 Å². The van der Waals surface area contributed by atoms with Gasteiger partial charge < -0.3 is 14.8 Å². The molecule has 0 aliphatic carbocycles. The maximum Gasteiger partial charge on any atom is 0.222 e. The second-order valence-electron chi connectivity index (χ2n) is 5.57. The Hall–Kier alpha value is -1.91. The van der Waals surface area contributed by atoms with E-state index < -0.39 is 0 Å². The number of amides is 1. The van der Waals surface area contributed by atoms with Crippen molar-refractivity contribution in [2.24, 2.45) is 0 Å². The number of ether oxygens (including phenoxy) is 2. The monoisotopic (exact) mass is 352 g/mol. The molecule has 3 heterocycles. The largest absolute Gasteiger partial charge is 0.379 e. The van der Waals surface area contributed by atoms with Crippen molar-refractivity contribution in [2.75, 3.05) is 13.2 Å². The van der Waals surface area contributed by atoms with E-state index in [-0.39, 0.29) is 18.1 Å². The summed E-state index contributed by atoms with van der Waals surface area (Å²) in [7, 11) is 0. The summed E-state index contributed by atoms with van der Waals surface area (Å²) in [5, 5.41) is 16.1. The molecule has 2 aromatic heterocycles. The van der Waals surface area contributed by atoms with Gasteiger partial charge in [0.25, 0.3) is 0 Å². The highest BCUT2D eigenvalue weighted by molar-refractivity contribution is 7.07. The number of nitrogens with one attached hydrogen (secondary N) is 1. The zero-order valence-electron chi connectivity index (χ0n) is 13.4. The van der Waals surface area contributed by atoms with Gasteiger partial charge >= 0.3 is 0 Å². The highest BCUT2D eigenvalue weighted by Gasteiger charge is 2.28. The molecule has 1 amide bonds. The van der Waals surface area contributed by atoms with Crippen LogP contribution in [-0.2, 0) is 27.4 Å². The lowest BCUT2D eigenvalue weighted by atomic mass is 10.1. The molecule has 130 valence electrons. The van der Waals surface area contributed by atoms with Gasteiger partial charge in [-0.25, -0.2) is 9.67 Å². The molecule has 0 spiro atoms. The Morgan fingerprint density at radius 3 is 3.25 bits per heavy atom. The molecule has 1 aliphatic rings. The van der Waals surface area contributed by atoms with Crippen molar-refractivity contribution in [2.45, 2.75) is 45.1 Å². The third-order valence-electron chi connectivity index (χ3n) is 3.83. The Balaban J connectivity index is 1.47. The Morgan fingerprint density at radius 1 is 1.58 bits per heavy atom. The number of hydrogen-bond donors (Lipinski definition) is 1. The number of carbonyl (C=O) groups is 1. The van der Waals surface area contributed by atoms with Crippen LogP contribution in [0.4, 0.5) is 0 Å². The molecule has 0 aromatic carbocycles. The van der Waals surface area contributed by atoms with Crippen LogP contribution < -0.4 is 5.32 Å². The van der Waals surface area contributed by atoms with Gasteiger partial charge in [0.15, 0.2) is 0 Å². The molecule has 2 aromatic rings. The lowest BCUT2D eigenvalue weighted by molar-refractivity contribution is -0.126. The fourth-order valence-corrected chi connectivity index (χ4v) is 3.04. The van der Waals surface area contributed by atoms with Crippen LogP contribution in [0, 0.1) is 6.92 Å². The quantitative estimate of drug-likeness (QED) is 0.765. The van der Waals surface area contributed by atoms with Crippen molar-refractivity contribution >= 4 is 17.2 Å². The number of thiazole rings is 1. The van der Waals surface area contributed by atoms with E-state index in [0.29, 0.717) is 38.6 Å². The molecule has 0 bridgehead atoms. The van der Waals surface area contributed by atoms with Crippen LogP contribution in [0.15, 0.2) is 10.9 Å². The molecule has 24 heavy (non-hydrogen) atoms. The fraction of sp³-hybridized carbons (Fsp3) is 0.643. The van der Waals surface area contributed by atoms with Gasteiger partial charge in [0, 0.05) is 18.4 Å². The summed E-state index contributed by atoms with van der Waals surface area (Å²) in [6.07, 6.45) is 0.988. The summed E-state index contributed by atoms with van der Waals surface area (Å²) in [4.78, 5) is 16.4. The fourth-order valence-electron chi connectivity index (χ4n) is 2.50. The predicted molar refractivity (Wildman–Crippen MR) is 85.2 cm³/mol. The molecule has 2 atom stereocenters. The zero-order chi connectivity index (χ0) is 16.8. The summed E-state index contributed by atoms with van der Waals surface area (Å²) in [6.45, 7) is 3.79. The number of tetrazole rings is 1. The Bertz CT molecular complexity index is 647. The topological polar surface area (TPSA) is 104 Å². The van der Waals surface area contributed by atoms with Gasteiger partial charge in [-0.3, -0.25) is 4.79 Å². The molecule has 3 rings (SSSR count). The SMILES string of the molecule is Cc1nnnn1CCC(=O)N[C@@H]1COCC[C@@H]1OCc1cscn1. The highest BCUT2D eigenvalue weighted by atomic mass is 32.1. The lowest BCUT2D eigenvalue weighted by Crippen LogP contribution is -2.50. The molecule has 0 saturated carbocycles. The first-order valence-corrected chi connectivity index (χ1v) is 8.75. The molecule has 1 aliphatic heterocycles. The number of carbonyl (C=O) groups excluding carboxylic acids is 1. The first-order valence-electron chi connectivity index (χ1n) is 7.81. The second-order valence-corrected chi connectivity index (χ2v) is 6.28. The van der Waals surface area contributed by atoms with Gasteiger partial charge in [-0.15, -0.1) is 16.4 Å². The number of nitrogens with zero attached hydrogens (tertiary/aromatic N) is 5. The number of aryl methyl sites for hydroxylation is 2. The van der Waals surface area contributed by atoms with Gasteiger partial charge in [0.2, 0.25) is 5.91 Å². The Labute approximate surface area is 143 Å². The molecule has 1 N–H and O–H groups in total. The molecule has 10 heteroatoms. The predicted octanol–water partition coefficient (Wildman–Crippen LogP) is 0.319. The van der Waals surface area contributed by atoms with Crippen LogP contribution >= 0.6 is 11.3 Å². The van der Waals surface area contributed by atoms with Gasteiger partial charge in [-0.2, -0.15) is 0 Å². The molecule has 9 nitrogen and oxygen atoms in total. The Kier molecular flexibility index (Phi) is 5.83. The Morgan fingerprint density at radius 2 is 2.50 bits per heavy atom. The van der Waals surface area contributed by atoms with E-state index in [2.05, 4.69) is 25.8 Å². The first kappa shape index (κ1) is 16.9. The summed E-state index contributed by atoms with van der Waals surface area (Å²) < 4.78 is 13.0. The van der Waals surface area contributed by atoms with Gasteiger partial charge in [0.1, 0.15) is 5.82 Å². The maximum atomic E-state index is 12.2. The van der Waals surface area contributed by atoms with Crippen molar-refractivity contribution in [3.05, 3.63) is 22.4 Å². The van der Waals surface area contributed by atoms with Crippen LogP contribution in [-0.4, -0.2) is 56.5 Å². The van der Waals surface area contributed by atoms with Gasteiger partial charge in [-0.1, -0.05) is 0 Å². The summed E-state index contributed by atoms with van der Waals surface area (Å²) in [6, 6.07) is -0.153. The molecule has 0 unspecified atom stereocenters. The minimum Gasteiger partial charge on any atom is -0.379 e. The average Bonchev–Trinajstić information content (AvgIpc) is 3.24. The van der Waals surface area contributed by atoms with E-state index in [1.807, 2.05) is 5.38 Å². The summed E-state index contributed by atoms with van der Waals surface area (Å²) >= 11 is 1.54. The highest BCUT2D eigenvalue weighted by Crippen LogP contribution is 2.15. The van der Waals surface area contributed by atoms with Crippen LogP contribution in [0.1, 0.15) is 24.4 Å². The number of rotatable bonds is 7. The van der Waals surface area contributed by atoms with E-state index in [9.17, 15) is 4.79 Å². The minimum atomic E-state index is -0.153. The summed E-state index contributed by atoms with van der Waals surface area (Å²) in [5.74, 6) is 0.621. The maximum absolute atomic E-state index is 12.2. The number of hydrogen-bond acceptors (Lipinski definition) is 8. The number of aromatic nitrogens is 5. The zero-order valence-corrected chi connectivity index (χ0v) is 14.2. The van der Waals surface area contributed by atoms with Crippen molar-refractivity contribution in [1.82, 2.24) is 30.5 Å². The third-order valence-corrected chi connectivity index (χ3v) is 4.46. The standard InChI is InChI=1S/C14H20N6O3S/c1-10-17-18-19-20(10)4-2-14(21)16-12-7-22-5-3-13(12)23-6-11-8-24-9-15-11/h8-9,12-13H,2-7H2,1H3,(H,16,21)/t12-,13+/m1/s1. The van der Waals surface area contributed by atoms with E-state index in [4.69, 9.17) is 9.47 Å². The molecule has 1 fully saturated rings. The van der Waals surface area contributed by atoms with Gasteiger partial charge in [-0.05, 0) is 23.8 Å². The van der Waals surface area contributed by atoms with Crippen LogP contribution in [0.3, 0.4) is 0 Å².